The molecule has 1 aromatic rings. The molecule has 3 atom stereocenters. The van der Waals surface area contributed by atoms with E-state index in [1.54, 1.807) is 7.11 Å². The van der Waals surface area contributed by atoms with Crippen LogP contribution in [0, 0.1) is 5.92 Å². The largest absolute Gasteiger partial charge is 0.496 e. The number of aliphatic imine (C=N–C) groups is 1. The minimum atomic E-state index is 0.298. The Labute approximate surface area is 151 Å². The average molecular weight is 345 g/mol. The lowest BCUT2D eigenvalue weighted by molar-refractivity contribution is 0.161. The number of nitrogens with zero attached hydrogens (tertiary/aromatic N) is 2. The van der Waals surface area contributed by atoms with Crippen LogP contribution in [0.25, 0.3) is 0 Å². The van der Waals surface area contributed by atoms with Crippen LogP contribution >= 0.6 is 0 Å². The highest BCUT2D eigenvalue weighted by Gasteiger charge is 2.33. The predicted molar refractivity (Wildman–Crippen MR) is 103 cm³/mol. The molecule has 2 aliphatic rings. The number of para-hydroxylation sites is 1. The Hall–Kier alpha value is -1.75. The van der Waals surface area contributed by atoms with Gasteiger partial charge >= 0.3 is 0 Å². The van der Waals surface area contributed by atoms with Gasteiger partial charge in [0.05, 0.1) is 13.2 Å². The SMILES string of the molecule is CN=C(NCC(c1ccccc1OC)N1CCCCC1)NC1CC1C. The van der Waals surface area contributed by atoms with Crippen molar-refractivity contribution in [2.45, 2.75) is 44.7 Å². The van der Waals surface area contributed by atoms with Gasteiger partial charge in [0.2, 0.25) is 0 Å². The number of guanidine groups is 1. The Bertz CT molecular complexity index is 583. The number of piperidine rings is 1. The molecule has 1 saturated heterocycles. The summed E-state index contributed by atoms with van der Waals surface area (Å²) in [6, 6.07) is 9.27. The highest BCUT2D eigenvalue weighted by molar-refractivity contribution is 5.80. The first kappa shape index (κ1) is 18.1. The van der Waals surface area contributed by atoms with Crippen molar-refractivity contribution in [1.29, 1.82) is 0 Å². The molecule has 0 bridgehead atoms. The maximum atomic E-state index is 5.64. The van der Waals surface area contributed by atoms with E-state index >= 15 is 0 Å². The van der Waals surface area contributed by atoms with Gasteiger partial charge in [-0.3, -0.25) is 9.89 Å². The molecule has 1 heterocycles. The molecule has 25 heavy (non-hydrogen) atoms. The Morgan fingerprint density at radius 3 is 2.64 bits per heavy atom. The minimum Gasteiger partial charge on any atom is -0.496 e. The molecule has 5 heteroatoms. The molecular weight excluding hydrogens is 312 g/mol. The summed E-state index contributed by atoms with van der Waals surface area (Å²) in [5.41, 5.74) is 1.26. The standard InChI is InChI=1S/C20H32N4O/c1-15-13-17(15)23-20(21-2)22-14-18(24-11-7-4-8-12-24)16-9-5-6-10-19(16)25-3/h5-6,9-10,15,17-18H,4,7-8,11-14H2,1-3H3,(H2,21,22,23). The smallest absolute Gasteiger partial charge is 0.191 e. The van der Waals surface area contributed by atoms with E-state index in [4.69, 9.17) is 4.74 Å². The zero-order chi connectivity index (χ0) is 17.6. The zero-order valence-electron chi connectivity index (χ0n) is 15.8. The Morgan fingerprint density at radius 2 is 2.00 bits per heavy atom. The van der Waals surface area contributed by atoms with Crippen molar-refractivity contribution in [3.8, 4) is 5.75 Å². The van der Waals surface area contributed by atoms with Gasteiger partial charge in [0, 0.05) is 25.2 Å². The fourth-order valence-electron chi connectivity index (χ4n) is 3.69. The maximum Gasteiger partial charge on any atom is 0.191 e. The third-order valence-corrected chi connectivity index (χ3v) is 5.45. The third kappa shape index (κ3) is 4.66. The van der Waals surface area contributed by atoms with Crippen molar-refractivity contribution in [2.24, 2.45) is 10.9 Å². The van der Waals surface area contributed by atoms with Crippen molar-refractivity contribution in [3.05, 3.63) is 29.8 Å². The van der Waals surface area contributed by atoms with E-state index in [0.29, 0.717) is 12.1 Å². The van der Waals surface area contributed by atoms with Crippen LogP contribution in [0.3, 0.4) is 0 Å². The molecule has 138 valence electrons. The number of hydrogen-bond donors (Lipinski definition) is 2. The van der Waals surface area contributed by atoms with Crippen LogP contribution in [0.4, 0.5) is 0 Å². The van der Waals surface area contributed by atoms with Crippen molar-refractivity contribution in [1.82, 2.24) is 15.5 Å². The van der Waals surface area contributed by atoms with Crippen molar-refractivity contribution in [3.63, 3.8) is 0 Å². The lowest BCUT2D eigenvalue weighted by Crippen LogP contribution is -2.45. The van der Waals surface area contributed by atoms with Crippen LogP contribution in [0.15, 0.2) is 29.3 Å². The molecule has 0 radical (unpaired) electrons. The summed E-state index contributed by atoms with van der Waals surface area (Å²) in [6.45, 7) is 5.41. The lowest BCUT2D eigenvalue weighted by Gasteiger charge is -2.35. The summed E-state index contributed by atoms with van der Waals surface area (Å²) >= 11 is 0. The van der Waals surface area contributed by atoms with Crippen LogP contribution in [0.2, 0.25) is 0 Å². The number of nitrogens with one attached hydrogen (secondary N) is 2. The van der Waals surface area contributed by atoms with Gasteiger partial charge in [0.1, 0.15) is 5.75 Å². The Balaban J connectivity index is 1.71. The predicted octanol–water partition coefficient (Wildman–Crippen LogP) is 2.80. The molecule has 3 unspecified atom stereocenters. The van der Waals surface area contributed by atoms with Gasteiger partial charge < -0.3 is 15.4 Å². The lowest BCUT2D eigenvalue weighted by atomic mass is 10.0. The van der Waals surface area contributed by atoms with Crippen molar-refractivity contribution >= 4 is 5.96 Å². The molecule has 5 nitrogen and oxygen atoms in total. The molecule has 0 amide bonds. The first-order valence-corrected chi connectivity index (χ1v) is 9.57. The first-order valence-electron chi connectivity index (χ1n) is 9.57. The molecule has 2 N–H and O–H groups in total. The molecule has 3 rings (SSSR count). The van der Waals surface area contributed by atoms with E-state index in [1.165, 1.54) is 31.2 Å². The van der Waals surface area contributed by atoms with Gasteiger partial charge in [-0.05, 0) is 44.3 Å². The van der Waals surface area contributed by atoms with Gasteiger partial charge in [-0.1, -0.05) is 31.5 Å². The van der Waals surface area contributed by atoms with Crippen molar-refractivity contribution in [2.75, 3.05) is 33.8 Å². The van der Waals surface area contributed by atoms with E-state index < -0.39 is 0 Å². The molecule has 0 spiro atoms. The normalized spacial score (nSPS) is 25.3. The van der Waals surface area contributed by atoms with Crippen LogP contribution in [0.5, 0.6) is 5.75 Å². The second-order valence-electron chi connectivity index (χ2n) is 7.27. The van der Waals surface area contributed by atoms with Gasteiger partial charge in [-0.25, -0.2) is 0 Å². The molecular formula is C20H32N4O. The Morgan fingerprint density at radius 1 is 1.28 bits per heavy atom. The van der Waals surface area contributed by atoms with Gasteiger partial charge in [0.15, 0.2) is 5.96 Å². The van der Waals surface area contributed by atoms with E-state index in [0.717, 1.165) is 37.3 Å². The van der Waals surface area contributed by atoms with Crippen LogP contribution < -0.4 is 15.4 Å². The molecule has 2 fully saturated rings. The van der Waals surface area contributed by atoms with Crippen molar-refractivity contribution < 1.29 is 4.74 Å². The molecule has 0 aromatic heterocycles. The third-order valence-electron chi connectivity index (χ3n) is 5.45. The quantitative estimate of drug-likeness (QED) is 0.615. The summed E-state index contributed by atoms with van der Waals surface area (Å²) in [6.07, 6.45) is 5.13. The summed E-state index contributed by atoms with van der Waals surface area (Å²) < 4.78 is 5.64. The summed E-state index contributed by atoms with van der Waals surface area (Å²) in [7, 11) is 3.61. The summed E-state index contributed by atoms with van der Waals surface area (Å²) in [4.78, 5) is 6.99. The van der Waals surface area contributed by atoms with E-state index in [9.17, 15) is 0 Å². The number of rotatable bonds is 6. The van der Waals surface area contributed by atoms with Crippen LogP contribution in [-0.2, 0) is 0 Å². The molecule has 1 aliphatic heterocycles. The zero-order valence-corrected chi connectivity index (χ0v) is 15.8. The summed E-state index contributed by atoms with van der Waals surface area (Å²) in [5.74, 6) is 2.63. The van der Waals surface area contributed by atoms with E-state index in [2.05, 4.69) is 45.6 Å². The highest BCUT2D eigenvalue weighted by Crippen LogP contribution is 2.31. The second-order valence-corrected chi connectivity index (χ2v) is 7.27. The number of hydrogen-bond acceptors (Lipinski definition) is 3. The van der Waals surface area contributed by atoms with Gasteiger partial charge in [0.25, 0.3) is 0 Å². The molecule has 1 saturated carbocycles. The van der Waals surface area contributed by atoms with E-state index in [1.807, 2.05) is 13.1 Å². The average Bonchev–Trinajstić information content (AvgIpc) is 3.36. The van der Waals surface area contributed by atoms with Crippen LogP contribution in [-0.4, -0.2) is 50.7 Å². The number of ether oxygens (including phenoxy) is 1. The monoisotopic (exact) mass is 344 g/mol. The Kier molecular flexibility index (Phi) is 6.19. The molecule has 1 aromatic carbocycles. The van der Waals surface area contributed by atoms with Gasteiger partial charge in [-0.2, -0.15) is 0 Å². The fraction of sp³-hybridized carbons (Fsp3) is 0.650. The maximum absolute atomic E-state index is 5.64. The van der Waals surface area contributed by atoms with Crippen LogP contribution in [0.1, 0.15) is 44.2 Å². The number of benzene rings is 1. The first-order chi connectivity index (χ1) is 12.2. The topological polar surface area (TPSA) is 48.9 Å². The highest BCUT2D eigenvalue weighted by atomic mass is 16.5. The van der Waals surface area contributed by atoms with E-state index in [-0.39, 0.29) is 0 Å². The molecule has 1 aliphatic carbocycles. The minimum absolute atomic E-state index is 0.298. The second kappa shape index (κ2) is 8.56. The fourth-order valence-corrected chi connectivity index (χ4v) is 3.69. The number of likely N-dealkylation sites (tertiary alicyclic amines) is 1. The van der Waals surface area contributed by atoms with Gasteiger partial charge in [-0.15, -0.1) is 0 Å². The summed E-state index contributed by atoms with van der Waals surface area (Å²) in [5, 5.41) is 7.07. The number of methoxy groups -OCH3 is 1.